The first-order chi connectivity index (χ1) is 8.77. The number of piperazine rings is 1. The van der Waals surface area contributed by atoms with Gasteiger partial charge in [-0.2, -0.15) is 0 Å². The van der Waals surface area contributed by atoms with Crippen LogP contribution in [0.2, 0.25) is 0 Å². The van der Waals surface area contributed by atoms with E-state index in [1.165, 1.54) is 45.2 Å². The van der Waals surface area contributed by atoms with Crippen molar-refractivity contribution in [1.29, 1.82) is 0 Å². The lowest BCUT2D eigenvalue weighted by molar-refractivity contribution is -0.137. The molecule has 3 fully saturated rings. The van der Waals surface area contributed by atoms with Crippen molar-refractivity contribution in [1.82, 2.24) is 15.1 Å². The molecule has 0 atom stereocenters. The second-order valence-corrected chi connectivity index (χ2v) is 6.34. The highest BCUT2D eigenvalue weighted by atomic mass is 16.2. The number of carbonyl (C=O) groups is 1. The SMILES string of the molecule is O=C(CN1CC2(CCCCC2)C1)N1CCNCC1. The third-order valence-electron chi connectivity index (χ3n) is 4.86. The van der Waals surface area contributed by atoms with E-state index in [0.29, 0.717) is 17.9 Å². The van der Waals surface area contributed by atoms with E-state index >= 15 is 0 Å². The molecule has 0 bridgehead atoms. The van der Waals surface area contributed by atoms with Crippen LogP contribution in [0.4, 0.5) is 0 Å². The van der Waals surface area contributed by atoms with Crippen molar-refractivity contribution in [3.8, 4) is 0 Å². The van der Waals surface area contributed by atoms with E-state index in [0.717, 1.165) is 26.2 Å². The Kier molecular flexibility index (Phi) is 3.57. The molecule has 3 aliphatic rings. The number of hydrogen-bond acceptors (Lipinski definition) is 3. The molecule has 1 N–H and O–H groups in total. The molecule has 0 aromatic rings. The molecule has 4 nitrogen and oxygen atoms in total. The first kappa shape index (κ1) is 12.4. The Labute approximate surface area is 110 Å². The van der Waals surface area contributed by atoms with Gasteiger partial charge in [-0.25, -0.2) is 0 Å². The van der Waals surface area contributed by atoms with Crippen molar-refractivity contribution in [2.24, 2.45) is 5.41 Å². The van der Waals surface area contributed by atoms with Crippen LogP contribution in [0.1, 0.15) is 32.1 Å². The molecule has 2 aliphatic heterocycles. The third kappa shape index (κ3) is 2.54. The summed E-state index contributed by atoms with van der Waals surface area (Å²) in [5.41, 5.74) is 0.599. The number of likely N-dealkylation sites (tertiary alicyclic amines) is 1. The maximum atomic E-state index is 12.1. The summed E-state index contributed by atoms with van der Waals surface area (Å²) < 4.78 is 0. The van der Waals surface area contributed by atoms with Crippen LogP contribution in [-0.4, -0.2) is 61.5 Å². The monoisotopic (exact) mass is 251 g/mol. The Balaban J connectivity index is 1.43. The number of amides is 1. The van der Waals surface area contributed by atoms with E-state index in [9.17, 15) is 4.79 Å². The van der Waals surface area contributed by atoms with E-state index < -0.39 is 0 Å². The van der Waals surface area contributed by atoms with Crippen molar-refractivity contribution < 1.29 is 4.79 Å². The standard InChI is InChI=1S/C14H25N3O/c18-13(17-8-6-15-7-9-17)10-16-11-14(12-16)4-2-1-3-5-14/h15H,1-12H2. The first-order valence-corrected chi connectivity index (χ1v) is 7.48. The maximum Gasteiger partial charge on any atom is 0.236 e. The molecule has 2 saturated heterocycles. The molecule has 1 saturated carbocycles. The summed E-state index contributed by atoms with van der Waals surface area (Å²) in [6.07, 6.45) is 7.01. The molecule has 2 heterocycles. The van der Waals surface area contributed by atoms with Crippen LogP contribution in [0.15, 0.2) is 0 Å². The molecular weight excluding hydrogens is 226 g/mol. The van der Waals surface area contributed by atoms with Crippen molar-refractivity contribution in [2.75, 3.05) is 45.8 Å². The minimum Gasteiger partial charge on any atom is -0.339 e. The van der Waals surface area contributed by atoms with E-state index in [-0.39, 0.29) is 0 Å². The summed E-state index contributed by atoms with van der Waals surface area (Å²) >= 11 is 0. The highest BCUT2D eigenvalue weighted by Crippen LogP contribution is 2.43. The molecule has 0 aromatic heterocycles. The maximum absolute atomic E-state index is 12.1. The zero-order valence-corrected chi connectivity index (χ0v) is 11.3. The van der Waals surface area contributed by atoms with Crippen LogP contribution in [0, 0.1) is 5.41 Å². The van der Waals surface area contributed by atoms with Crippen LogP contribution in [0.25, 0.3) is 0 Å². The molecule has 1 spiro atoms. The predicted octanol–water partition coefficient (Wildman–Crippen LogP) is 0.684. The lowest BCUT2D eigenvalue weighted by Gasteiger charge is -2.52. The highest BCUT2D eigenvalue weighted by Gasteiger charge is 2.43. The number of nitrogens with one attached hydrogen (secondary N) is 1. The fourth-order valence-electron chi connectivity index (χ4n) is 3.84. The normalized spacial score (nSPS) is 28.1. The molecular formula is C14H25N3O. The molecule has 1 amide bonds. The van der Waals surface area contributed by atoms with Crippen LogP contribution in [-0.2, 0) is 4.79 Å². The van der Waals surface area contributed by atoms with E-state index in [2.05, 4.69) is 10.2 Å². The fourth-order valence-corrected chi connectivity index (χ4v) is 3.84. The number of carbonyl (C=O) groups excluding carboxylic acids is 1. The zero-order chi connectivity index (χ0) is 12.4. The Hall–Kier alpha value is -0.610. The summed E-state index contributed by atoms with van der Waals surface area (Å²) in [5.74, 6) is 0.335. The minimum absolute atomic E-state index is 0.335. The second-order valence-electron chi connectivity index (χ2n) is 6.34. The van der Waals surface area contributed by atoms with Gasteiger partial charge in [0.1, 0.15) is 0 Å². The van der Waals surface area contributed by atoms with E-state index in [1.54, 1.807) is 0 Å². The molecule has 0 aromatic carbocycles. The van der Waals surface area contributed by atoms with Gasteiger partial charge in [-0.05, 0) is 18.3 Å². The first-order valence-electron chi connectivity index (χ1n) is 7.48. The molecule has 1 aliphatic carbocycles. The van der Waals surface area contributed by atoms with Gasteiger partial charge < -0.3 is 10.2 Å². The predicted molar refractivity (Wildman–Crippen MR) is 71.4 cm³/mol. The van der Waals surface area contributed by atoms with E-state index in [4.69, 9.17) is 0 Å². The lowest BCUT2D eigenvalue weighted by Crippen LogP contribution is -2.60. The second kappa shape index (κ2) is 5.17. The van der Waals surface area contributed by atoms with Gasteiger partial charge in [-0.3, -0.25) is 9.69 Å². The van der Waals surface area contributed by atoms with Crippen LogP contribution in [0.5, 0.6) is 0 Å². The fraction of sp³-hybridized carbons (Fsp3) is 0.929. The average Bonchev–Trinajstić information content (AvgIpc) is 2.39. The largest absolute Gasteiger partial charge is 0.339 e. The molecule has 4 heteroatoms. The van der Waals surface area contributed by atoms with Gasteiger partial charge in [0.2, 0.25) is 5.91 Å². The molecule has 102 valence electrons. The van der Waals surface area contributed by atoms with Gasteiger partial charge in [0.05, 0.1) is 6.54 Å². The van der Waals surface area contributed by atoms with Crippen molar-refractivity contribution in [2.45, 2.75) is 32.1 Å². The summed E-state index contributed by atoms with van der Waals surface area (Å²) in [7, 11) is 0. The lowest BCUT2D eigenvalue weighted by atomic mass is 9.68. The minimum atomic E-state index is 0.335. The average molecular weight is 251 g/mol. The van der Waals surface area contributed by atoms with Gasteiger partial charge >= 0.3 is 0 Å². The molecule has 0 unspecified atom stereocenters. The number of rotatable bonds is 2. The Morgan fingerprint density at radius 2 is 1.72 bits per heavy atom. The Bertz CT molecular complexity index is 298. The van der Waals surface area contributed by atoms with Crippen molar-refractivity contribution in [3.05, 3.63) is 0 Å². The highest BCUT2D eigenvalue weighted by molar-refractivity contribution is 5.78. The number of hydrogen-bond donors (Lipinski definition) is 1. The zero-order valence-electron chi connectivity index (χ0n) is 11.3. The molecule has 18 heavy (non-hydrogen) atoms. The van der Waals surface area contributed by atoms with Gasteiger partial charge in [0, 0.05) is 39.3 Å². The quantitative estimate of drug-likeness (QED) is 0.784. The van der Waals surface area contributed by atoms with Gasteiger partial charge in [0.25, 0.3) is 0 Å². The molecule has 3 rings (SSSR count). The van der Waals surface area contributed by atoms with Gasteiger partial charge in [-0.1, -0.05) is 19.3 Å². The van der Waals surface area contributed by atoms with Gasteiger partial charge in [-0.15, -0.1) is 0 Å². The Morgan fingerprint density at radius 3 is 2.39 bits per heavy atom. The summed E-state index contributed by atoms with van der Waals surface area (Å²) in [6.45, 7) is 6.68. The number of nitrogens with zero attached hydrogens (tertiary/aromatic N) is 2. The Morgan fingerprint density at radius 1 is 1.06 bits per heavy atom. The van der Waals surface area contributed by atoms with E-state index in [1.807, 2.05) is 4.90 Å². The summed E-state index contributed by atoms with van der Waals surface area (Å²) in [4.78, 5) is 16.5. The van der Waals surface area contributed by atoms with Crippen molar-refractivity contribution in [3.63, 3.8) is 0 Å². The molecule has 0 radical (unpaired) electrons. The van der Waals surface area contributed by atoms with Crippen LogP contribution < -0.4 is 5.32 Å². The van der Waals surface area contributed by atoms with Crippen LogP contribution >= 0.6 is 0 Å². The smallest absolute Gasteiger partial charge is 0.236 e. The van der Waals surface area contributed by atoms with Gasteiger partial charge in [0.15, 0.2) is 0 Å². The summed E-state index contributed by atoms with van der Waals surface area (Å²) in [5, 5.41) is 3.29. The summed E-state index contributed by atoms with van der Waals surface area (Å²) in [6, 6.07) is 0. The van der Waals surface area contributed by atoms with Crippen molar-refractivity contribution >= 4 is 5.91 Å². The third-order valence-corrected chi connectivity index (χ3v) is 4.86. The topological polar surface area (TPSA) is 35.6 Å². The van der Waals surface area contributed by atoms with Crippen LogP contribution in [0.3, 0.4) is 0 Å².